The van der Waals surface area contributed by atoms with Gasteiger partial charge in [0, 0.05) is 38.3 Å². The summed E-state index contributed by atoms with van der Waals surface area (Å²) in [4.78, 5) is 5.26. The maximum atomic E-state index is 6.46. The third kappa shape index (κ3) is 3.47. The molecule has 3 nitrogen and oxygen atoms in total. The summed E-state index contributed by atoms with van der Waals surface area (Å²) in [5, 5.41) is 0. The second-order valence-corrected chi connectivity index (χ2v) is 6.90. The Labute approximate surface area is 129 Å². The maximum absolute atomic E-state index is 6.46. The van der Waals surface area contributed by atoms with Crippen LogP contribution in [0.5, 0.6) is 0 Å². The number of fused-ring (bicyclic) bond motifs is 1. The van der Waals surface area contributed by atoms with Gasteiger partial charge in [-0.2, -0.15) is 0 Å². The first-order valence-corrected chi connectivity index (χ1v) is 8.42. The minimum Gasteiger partial charge on any atom is -0.323 e. The van der Waals surface area contributed by atoms with E-state index in [1.54, 1.807) is 0 Å². The van der Waals surface area contributed by atoms with Crippen LogP contribution in [0, 0.1) is 13.8 Å². The molecule has 2 unspecified atom stereocenters. The molecule has 116 valence electrons. The van der Waals surface area contributed by atoms with E-state index in [2.05, 4.69) is 41.8 Å². The van der Waals surface area contributed by atoms with Crippen molar-refractivity contribution in [2.45, 2.75) is 45.2 Å². The molecule has 0 saturated carbocycles. The Kier molecular flexibility index (Phi) is 4.63. The molecule has 0 radical (unpaired) electrons. The van der Waals surface area contributed by atoms with Crippen LogP contribution in [0.2, 0.25) is 0 Å². The Bertz CT molecular complexity index is 485. The minimum absolute atomic E-state index is 0.138. The largest absolute Gasteiger partial charge is 0.323 e. The zero-order valence-electron chi connectivity index (χ0n) is 13.5. The van der Waals surface area contributed by atoms with Crippen molar-refractivity contribution in [1.29, 1.82) is 0 Å². The average Bonchev–Trinajstić information content (AvgIpc) is 2.50. The van der Waals surface area contributed by atoms with Crippen molar-refractivity contribution in [2.75, 3.05) is 32.7 Å². The fraction of sp³-hybridized carbons (Fsp3) is 0.667. The summed E-state index contributed by atoms with van der Waals surface area (Å²) in [6.45, 7) is 10.2. The second-order valence-electron chi connectivity index (χ2n) is 6.90. The van der Waals surface area contributed by atoms with Gasteiger partial charge in [0.05, 0.1) is 0 Å². The van der Waals surface area contributed by atoms with E-state index in [4.69, 9.17) is 5.73 Å². The van der Waals surface area contributed by atoms with Crippen LogP contribution < -0.4 is 5.73 Å². The fourth-order valence-electron chi connectivity index (χ4n) is 3.76. The molecule has 0 bridgehead atoms. The van der Waals surface area contributed by atoms with Gasteiger partial charge in [0.15, 0.2) is 0 Å². The molecule has 0 amide bonds. The molecule has 0 spiro atoms. The molecule has 21 heavy (non-hydrogen) atoms. The molecule has 2 atom stereocenters. The number of aryl methyl sites for hydroxylation is 2. The van der Waals surface area contributed by atoms with E-state index >= 15 is 0 Å². The van der Waals surface area contributed by atoms with E-state index in [1.807, 2.05) is 0 Å². The Morgan fingerprint density at radius 2 is 2.00 bits per heavy atom. The van der Waals surface area contributed by atoms with Crippen molar-refractivity contribution in [3.63, 3.8) is 0 Å². The van der Waals surface area contributed by atoms with Crippen molar-refractivity contribution < 1.29 is 0 Å². The van der Waals surface area contributed by atoms with Gasteiger partial charge in [-0.1, -0.05) is 24.6 Å². The first-order valence-electron chi connectivity index (χ1n) is 8.42. The second kappa shape index (κ2) is 6.47. The third-order valence-electron chi connectivity index (χ3n) is 5.34. The highest BCUT2D eigenvalue weighted by Gasteiger charge is 2.29. The summed E-state index contributed by atoms with van der Waals surface area (Å²) in [5.74, 6) is 0. The van der Waals surface area contributed by atoms with Crippen LogP contribution >= 0.6 is 0 Å². The quantitative estimate of drug-likeness (QED) is 0.927. The molecule has 2 aliphatic rings. The van der Waals surface area contributed by atoms with Crippen LogP contribution in [0.3, 0.4) is 0 Å². The lowest BCUT2D eigenvalue weighted by molar-refractivity contribution is 0.0466. The number of nitrogens with two attached hydrogens (primary N) is 1. The van der Waals surface area contributed by atoms with E-state index in [9.17, 15) is 0 Å². The lowest BCUT2D eigenvalue weighted by Crippen LogP contribution is -2.55. The molecular formula is C18H29N3. The summed E-state index contributed by atoms with van der Waals surface area (Å²) in [6.07, 6.45) is 4.16. The number of piperazine rings is 1. The van der Waals surface area contributed by atoms with Gasteiger partial charge in [-0.05, 0) is 49.9 Å². The normalized spacial score (nSPS) is 25.6. The monoisotopic (exact) mass is 287 g/mol. The highest BCUT2D eigenvalue weighted by molar-refractivity contribution is 5.31. The van der Waals surface area contributed by atoms with Crippen LogP contribution in [-0.2, 0) is 0 Å². The molecular weight excluding hydrogens is 258 g/mol. The smallest absolute Gasteiger partial charge is 0.0424 e. The fourth-order valence-corrected chi connectivity index (χ4v) is 3.76. The molecule has 0 aromatic heterocycles. The van der Waals surface area contributed by atoms with Gasteiger partial charge < -0.3 is 5.73 Å². The summed E-state index contributed by atoms with van der Waals surface area (Å²) in [6, 6.07) is 7.57. The highest BCUT2D eigenvalue weighted by atomic mass is 15.3. The Morgan fingerprint density at radius 3 is 2.81 bits per heavy atom. The molecule has 3 rings (SSSR count). The predicted octanol–water partition coefficient (Wildman–Crippen LogP) is 2.47. The number of piperidine rings is 1. The lowest BCUT2D eigenvalue weighted by atomic mass is 9.98. The zero-order chi connectivity index (χ0) is 14.8. The molecule has 0 aliphatic carbocycles. The number of hydrogen-bond donors (Lipinski definition) is 1. The van der Waals surface area contributed by atoms with Crippen LogP contribution in [-0.4, -0.2) is 48.6 Å². The van der Waals surface area contributed by atoms with Gasteiger partial charge in [-0.3, -0.25) is 9.80 Å². The Morgan fingerprint density at radius 1 is 1.14 bits per heavy atom. The van der Waals surface area contributed by atoms with Gasteiger partial charge in [0.1, 0.15) is 0 Å². The summed E-state index contributed by atoms with van der Waals surface area (Å²) < 4.78 is 0. The van der Waals surface area contributed by atoms with Crippen LogP contribution in [0.4, 0.5) is 0 Å². The van der Waals surface area contributed by atoms with Crippen molar-refractivity contribution >= 4 is 0 Å². The standard InChI is InChI=1S/C18H29N3/c1-14-6-7-16(11-15(14)2)18(19)13-20-9-10-21-8-4-3-5-17(21)12-20/h6-7,11,17-18H,3-5,8-10,12-13,19H2,1-2H3. The SMILES string of the molecule is Cc1ccc(C(N)CN2CCN3CCCCC3C2)cc1C. The lowest BCUT2D eigenvalue weighted by Gasteiger charge is -2.44. The van der Waals surface area contributed by atoms with Crippen LogP contribution in [0.25, 0.3) is 0 Å². The molecule has 2 N–H and O–H groups in total. The van der Waals surface area contributed by atoms with Crippen LogP contribution in [0.1, 0.15) is 42.0 Å². The van der Waals surface area contributed by atoms with E-state index in [0.29, 0.717) is 0 Å². The minimum atomic E-state index is 0.138. The Hall–Kier alpha value is -0.900. The number of benzene rings is 1. The topological polar surface area (TPSA) is 32.5 Å². The number of rotatable bonds is 3. The number of hydrogen-bond acceptors (Lipinski definition) is 3. The molecule has 1 aromatic carbocycles. The third-order valence-corrected chi connectivity index (χ3v) is 5.34. The van der Waals surface area contributed by atoms with Gasteiger partial charge in [-0.25, -0.2) is 0 Å². The summed E-state index contributed by atoms with van der Waals surface area (Å²) in [5.41, 5.74) is 10.4. The first kappa shape index (κ1) is 15.0. The summed E-state index contributed by atoms with van der Waals surface area (Å²) in [7, 11) is 0. The van der Waals surface area contributed by atoms with E-state index < -0.39 is 0 Å². The Balaban J connectivity index is 1.59. The molecule has 1 aromatic rings. The van der Waals surface area contributed by atoms with Crippen molar-refractivity contribution in [3.05, 3.63) is 34.9 Å². The molecule has 2 heterocycles. The molecule has 2 saturated heterocycles. The van der Waals surface area contributed by atoms with Gasteiger partial charge in [-0.15, -0.1) is 0 Å². The van der Waals surface area contributed by atoms with Crippen molar-refractivity contribution in [1.82, 2.24) is 9.80 Å². The average molecular weight is 287 g/mol. The maximum Gasteiger partial charge on any atom is 0.0424 e. The van der Waals surface area contributed by atoms with Gasteiger partial charge in [0.2, 0.25) is 0 Å². The van der Waals surface area contributed by atoms with Gasteiger partial charge >= 0.3 is 0 Å². The van der Waals surface area contributed by atoms with Crippen molar-refractivity contribution in [2.24, 2.45) is 5.73 Å². The van der Waals surface area contributed by atoms with Gasteiger partial charge in [0.25, 0.3) is 0 Å². The zero-order valence-corrected chi connectivity index (χ0v) is 13.5. The highest BCUT2D eigenvalue weighted by Crippen LogP contribution is 2.23. The van der Waals surface area contributed by atoms with Crippen LogP contribution in [0.15, 0.2) is 18.2 Å². The number of nitrogens with zero attached hydrogens (tertiary/aromatic N) is 2. The molecule has 2 aliphatic heterocycles. The molecule has 3 heteroatoms. The van der Waals surface area contributed by atoms with E-state index in [1.165, 1.54) is 62.1 Å². The van der Waals surface area contributed by atoms with E-state index in [-0.39, 0.29) is 6.04 Å². The first-order chi connectivity index (χ1) is 10.1. The summed E-state index contributed by atoms with van der Waals surface area (Å²) >= 11 is 0. The predicted molar refractivity (Wildman–Crippen MR) is 88.5 cm³/mol. The molecule has 2 fully saturated rings. The van der Waals surface area contributed by atoms with E-state index in [0.717, 1.165) is 12.6 Å². The van der Waals surface area contributed by atoms with Crippen molar-refractivity contribution in [3.8, 4) is 0 Å².